The van der Waals surface area contributed by atoms with Crippen LogP contribution in [0.4, 0.5) is 0 Å². The monoisotopic (exact) mass is 323 g/mol. The van der Waals surface area contributed by atoms with Gasteiger partial charge in [0, 0.05) is 21.8 Å². The molecule has 0 radical (unpaired) electrons. The molecule has 0 atom stereocenters. The zero-order valence-corrected chi connectivity index (χ0v) is 14.3. The largest absolute Gasteiger partial charge is 0.354 e. The number of aromatic amines is 1. The minimum Gasteiger partial charge on any atom is -0.354 e. The summed E-state index contributed by atoms with van der Waals surface area (Å²) in [5.74, 6) is 0. The summed E-state index contributed by atoms with van der Waals surface area (Å²) in [6, 6.07) is 24.1. The fourth-order valence-corrected chi connectivity index (χ4v) is 4.12. The van der Waals surface area contributed by atoms with Gasteiger partial charge in [-0.25, -0.2) is 0 Å². The fourth-order valence-electron chi connectivity index (χ4n) is 4.12. The Kier molecular flexibility index (Phi) is 3.45. The van der Waals surface area contributed by atoms with Crippen LogP contribution in [0.15, 0.2) is 72.8 Å². The number of aromatic nitrogens is 1. The molecule has 122 valence electrons. The summed E-state index contributed by atoms with van der Waals surface area (Å²) >= 11 is 0. The first-order valence-electron chi connectivity index (χ1n) is 9.19. The van der Waals surface area contributed by atoms with E-state index in [0.29, 0.717) is 0 Å². The Labute approximate surface area is 148 Å². The van der Waals surface area contributed by atoms with E-state index in [1.807, 2.05) is 0 Å². The maximum absolute atomic E-state index is 3.64. The Bertz CT molecular complexity index is 1080. The van der Waals surface area contributed by atoms with Crippen LogP contribution in [0, 0.1) is 0 Å². The van der Waals surface area contributed by atoms with Crippen LogP contribution in [-0.4, -0.2) is 4.98 Å². The molecule has 1 aliphatic carbocycles. The Morgan fingerprint density at radius 2 is 1.56 bits per heavy atom. The van der Waals surface area contributed by atoms with Crippen molar-refractivity contribution in [2.24, 2.45) is 0 Å². The third-order valence-electron chi connectivity index (χ3n) is 5.35. The van der Waals surface area contributed by atoms with E-state index in [4.69, 9.17) is 0 Å². The average Bonchev–Trinajstić information content (AvgIpc) is 3.07. The second-order valence-corrected chi connectivity index (χ2v) is 6.96. The van der Waals surface area contributed by atoms with Crippen LogP contribution in [0.25, 0.3) is 38.5 Å². The first-order chi connectivity index (χ1) is 12.4. The van der Waals surface area contributed by atoms with Gasteiger partial charge in [0.1, 0.15) is 0 Å². The molecule has 0 spiro atoms. The molecule has 25 heavy (non-hydrogen) atoms. The lowest BCUT2D eigenvalue weighted by Gasteiger charge is -2.15. The number of para-hydroxylation sites is 1. The van der Waals surface area contributed by atoms with E-state index in [9.17, 15) is 0 Å². The molecule has 1 N–H and O–H groups in total. The van der Waals surface area contributed by atoms with Crippen molar-refractivity contribution in [1.29, 1.82) is 0 Å². The molecule has 0 unspecified atom stereocenters. The van der Waals surface area contributed by atoms with Gasteiger partial charge in [-0.05, 0) is 66.1 Å². The van der Waals surface area contributed by atoms with E-state index >= 15 is 0 Å². The predicted octanol–water partition coefficient (Wildman–Crippen LogP) is 6.95. The number of benzene rings is 3. The zero-order valence-electron chi connectivity index (χ0n) is 14.3. The van der Waals surface area contributed by atoms with Gasteiger partial charge >= 0.3 is 0 Å². The number of rotatable bonds is 2. The first kappa shape index (κ1) is 14.5. The first-order valence-corrected chi connectivity index (χ1v) is 9.19. The van der Waals surface area contributed by atoms with Crippen molar-refractivity contribution in [2.75, 3.05) is 0 Å². The molecule has 0 aliphatic heterocycles. The predicted molar refractivity (Wildman–Crippen MR) is 108 cm³/mol. The second-order valence-electron chi connectivity index (χ2n) is 6.96. The minimum atomic E-state index is 1.19. The summed E-state index contributed by atoms with van der Waals surface area (Å²) in [5, 5.41) is 2.64. The van der Waals surface area contributed by atoms with E-state index in [-0.39, 0.29) is 0 Å². The van der Waals surface area contributed by atoms with Gasteiger partial charge in [0.15, 0.2) is 0 Å². The standard InChI is InChI=1S/C24H21N/c1-3-9-17(10-4-1)19-15-21(18-11-5-2-6-12-18)24-20-13-7-8-14-22(20)25-23(24)16-19/h2,5-9,11-16,25H,1,3-4,10H2. The van der Waals surface area contributed by atoms with Crippen molar-refractivity contribution in [3.8, 4) is 11.1 Å². The molecule has 0 amide bonds. The van der Waals surface area contributed by atoms with E-state index in [1.165, 1.54) is 69.8 Å². The quantitative estimate of drug-likeness (QED) is 0.411. The molecule has 0 bridgehead atoms. The van der Waals surface area contributed by atoms with E-state index < -0.39 is 0 Å². The molecule has 3 aromatic carbocycles. The average molecular weight is 323 g/mol. The van der Waals surface area contributed by atoms with Crippen LogP contribution in [0.3, 0.4) is 0 Å². The SMILES string of the molecule is C1=C(c2cc(-c3ccccc3)c3c(c2)[nH]c2ccccc23)CCCC1. The van der Waals surface area contributed by atoms with Gasteiger partial charge in [-0.3, -0.25) is 0 Å². The molecule has 1 aliphatic rings. The molecule has 1 heterocycles. The zero-order chi connectivity index (χ0) is 16.6. The summed E-state index contributed by atoms with van der Waals surface area (Å²) < 4.78 is 0. The van der Waals surface area contributed by atoms with E-state index in [2.05, 4.69) is 77.8 Å². The maximum Gasteiger partial charge on any atom is 0.0477 e. The van der Waals surface area contributed by atoms with Crippen LogP contribution >= 0.6 is 0 Å². The van der Waals surface area contributed by atoms with Crippen LogP contribution in [-0.2, 0) is 0 Å². The molecule has 1 nitrogen and oxygen atoms in total. The molecular weight excluding hydrogens is 302 g/mol. The van der Waals surface area contributed by atoms with Gasteiger partial charge in [-0.1, -0.05) is 54.6 Å². The summed E-state index contributed by atoms with van der Waals surface area (Å²) in [6.07, 6.45) is 7.46. The highest BCUT2D eigenvalue weighted by Crippen LogP contribution is 2.38. The molecule has 1 aromatic heterocycles. The smallest absolute Gasteiger partial charge is 0.0477 e. The molecule has 0 saturated heterocycles. The molecular formula is C24H21N. The Hall–Kier alpha value is -2.80. The molecule has 0 fully saturated rings. The van der Waals surface area contributed by atoms with Crippen LogP contribution in [0.2, 0.25) is 0 Å². The lowest BCUT2D eigenvalue weighted by atomic mass is 9.90. The number of allylic oxidation sites excluding steroid dienone is 2. The van der Waals surface area contributed by atoms with Gasteiger partial charge in [0.2, 0.25) is 0 Å². The highest BCUT2D eigenvalue weighted by atomic mass is 14.7. The lowest BCUT2D eigenvalue weighted by molar-refractivity contribution is 0.742. The third kappa shape index (κ3) is 2.47. The highest BCUT2D eigenvalue weighted by molar-refractivity contribution is 6.15. The van der Waals surface area contributed by atoms with Crippen molar-refractivity contribution in [1.82, 2.24) is 4.98 Å². The third-order valence-corrected chi connectivity index (χ3v) is 5.35. The summed E-state index contributed by atoms with van der Waals surface area (Å²) in [7, 11) is 0. The Morgan fingerprint density at radius 1 is 0.720 bits per heavy atom. The molecule has 4 aromatic rings. The van der Waals surface area contributed by atoms with Gasteiger partial charge in [0.05, 0.1) is 0 Å². The summed E-state index contributed by atoms with van der Waals surface area (Å²) in [5.41, 5.74) is 7.95. The van der Waals surface area contributed by atoms with E-state index in [1.54, 1.807) is 0 Å². The minimum absolute atomic E-state index is 1.19. The topological polar surface area (TPSA) is 15.8 Å². The van der Waals surface area contributed by atoms with Gasteiger partial charge in [0.25, 0.3) is 0 Å². The second kappa shape index (κ2) is 5.93. The maximum atomic E-state index is 3.64. The fraction of sp³-hybridized carbons (Fsp3) is 0.167. The van der Waals surface area contributed by atoms with Crippen molar-refractivity contribution in [2.45, 2.75) is 25.7 Å². The van der Waals surface area contributed by atoms with Crippen LogP contribution in [0.5, 0.6) is 0 Å². The number of nitrogens with one attached hydrogen (secondary N) is 1. The van der Waals surface area contributed by atoms with Gasteiger partial charge < -0.3 is 4.98 Å². The number of hydrogen-bond donors (Lipinski definition) is 1. The number of hydrogen-bond acceptors (Lipinski definition) is 0. The van der Waals surface area contributed by atoms with Crippen molar-refractivity contribution in [3.63, 3.8) is 0 Å². The van der Waals surface area contributed by atoms with Crippen molar-refractivity contribution < 1.29 is 0 Å². The van der Waals surface area contributed by atoms with Crippen LogP contribution in [0.1, 0.15) is 31.2 Å². The van der Waals surface area contributed by atoms with Crippen LogP contribution < -0.4 is 0 Å². The van der Waals surface area contributed by atoms with Crippen molar-refractivity contribution >= 4 is 27.4 Å². The van der Waals surface area contributed by atoms with E-state index in [0.717, 1.165) is 0 Å². The van der Waals surface area contributed by atoms with Gasteiger partial charge in [-0.2, -0.15) is 0 Å². The molecule has 5 rings (SSSR count). The normalized spacial score (nSPS) is 14.8. The summed E-state index contributed by atoms with van der Waals surface area (Å²) in [4.78, 5) is 3.64. The number of fused-ring (bicyclic) bond motifs is 3. The number of H-pyrrole nitrogens is 1. The molecule has 0 saturated carbocycles. The highest BCUT2D eigenvalue weighted by Gasteiger charge is 2.14. The van der Waals surface area contributed by atoms with Gasteiger partial charge in [-0.15, -0.1) is 0 Å². The Balaban J connectivity index is 1.85. The lowest BCUT2D eigenvalue weighted by Crippen LogP contribution is -1.93. The Morgan fingerprint density at radius 3 is 2.40 bits per heavy atom. The summed E-state index contributed by atoms with van der Waals surface area (Å²) in [6.45, 7) is 0. The van der Waals surface area contributed by atoms with Crippen molar-refractivity contribution in [3.05, 3.63) is 78.4 Å². The molecule has 1 heteroatoms.